The molecule has 2 rings (SSSR count). The number of carboxylic acid groups (broad SMARTS) is 1. The van der Waals surface area contributed by atoms with Crippen molar-refractivity contribution >= 4 is 11.9 Å². The van der Waals surface area contributed by atoms with Crippen molar-refractivity contribution in [3.05, 3.63) is 35.4 Å². The first-order chi connectivity index (χ1) is 11.4. The second-order valence-corrected chi connectivity index (χ2v) is 6.15. The van der Waals surface area contributed by atoms with Crippen LogP contribution in [0.3, 0.4) is 0 Å². The fraction of sp³-hybridized carbons (Fsp3) is 0.529. The van der Waals surface area contributed by atoms with E-state index >= 15 is 0 Å². The van der Waals surface area contributed by atoms with E-state index in [9.17, 15) is 18.4 Å². The summed E-state index contributed by atoms with van der Waals surface area (Å²) in [5.74, 6) is -2.61. The third-order valence-corrected chi connectivity index (χ3v) is 4.45. The van der Waals surface area contributed by atoms with Crippen molar-refractivity contribution in [1.82, 2.24) is 9.80 Å². The molecule has 7 heteroatoms. The minimum absolute atomic E-state index is 0.0426. The number of hydrogen-bond donors (Lipinski definition) is 1. The summed E-state index contributed by atoms with van der Waals surface area (Å²) in [6, 6.07) is 3.65. The fourth-order valence-electron chi connectivity index (χ4n) is 3.08. The predicted molar refractivity (Wildman–Crippen MR) is 84.5 cm³/mol. The molecule has 1 aliphatic rings. The first kappa shape index (κ1) is 18.3. The van der Waals surface area contributed by atoms with E-state index in [1.165, 1.54) is 6.07 Å². The molecule has 0 saturated carbocycles. The van der Waals surface area contributed by atoms with Crippen LogP contribution in [-0.4, -0.2) is 59.5 Å². The molecule has 1 fully saturated rings. The molecule has 5 nitrogen and oxygen atoms in total. The van der Waals surface area contributed by atoms with Crippen molar-refractivity contribution in [2.24, 2.45) is 0 Å². The Hall–Kier alpha value is -2.02. The van der Waals surface area contributed by atoms with E-state index in [-0.39, 0.29) is 30.5 Å². The molecule has 0 aromatic heterocycles. The van der Waals surface area contributed by atoms with Crippen molar-refractivity contribution in [3.8, 4) is 0 Å². The Labute approximate surface area is 139 Å². The Kier molecular flexibility index (Phi) is 6.25. The summed E-state index contributed by atoms with van der Waals surface area (Å²) in [5.41, 5.74) is -0.203. The molecule has 1 N–H and O–H groups in total. The van der Waals surface area contributed by atoms with Gasteiger partial charge in [0.15, 0.2) is 0 Å². The van der Waals surface area contributed by atoms with Gasteiger partial charge in [0, 0.05) is 24.7 Å². The van der Waals surface area contributed by atoms with E-state index in [1.807, 2.05) is 0 Å². The maximum absolute atomic E-state index is 13.7. The highest BCUT2D eigenvalue weighted by molar-refractivity contribution is 5.79. The summed E-state index contributed by atoms with van der Waals surface area (Å²) >= 11 is 0. The third-order valence-electron chi connectivity index (χ3n) is 4.45. The minimum Gasteiger partial charge on any atom is -0.480 e. The van der Waals surface area contributed by atoms with Crippen LogP contribution in [0, 0.1) is 11.6 Å². The summed E-state index contributed by atoms with van der Waals surface area (Å²) in [6.07, 6.45) is 1.88. The SMILES string of the molecule is CN(CC(=O)O)C1CCCN(C(=O)Cc2c(F)cccc2F)CC1. The van der Waals surface area contributed by atoms with Crippen LogP contribution in [0.25, 0.3) is 0 Å². The van der Waals surface area contributed by atoms with Crippen molar-refractivity contribution in [1.29, 1.82) is 0 Å². The smallest absolute Gasteiger partial charge is 0.317 e. The first-order valence-electron chi connectivity index (χ1n) is 8.01. The van der Waals surface area contributed by atoms with Crippen molar-refractivity contribution in [3.63, 3.8) is 0 Å². The molecule has 1 amide bonds. The topological polar surface area (TPSA) is 60.9 Å². The van der Waals surface area contributed by atoms with E-state index < -0.39 is 17.6 Å². The molecule has 1 saturated heterocycles. The Bertz CT molecular complexity index is 589. The minimum atomic E-state index is -0.885. The largest absolute Gasteiger partial charge is 0.480 e. The Morgan fingerprint density at radius 1 is 1.25 bits per heavy atom. The average molecular weight is 340 g/mol. The summed E-state index contributed by atoms with van der Waals surface area (Å²) in [5, 5.41) is 8.86. The number of carboxylic acids is 1. The summed E-state index contributed by atoms with van der Waals surface area (Å²) in [7, 11) is 1.75. The number of likely N-dealkylation sites (tertiary alicyclic amines) is 1. The molecule has 24 heavy (non-hydrogen) atoms. The molecule has 1 aliphatic heterocycles. The van der Waals surface area contributed by atoms with Crippen molar-refractivity contribution in [2.45, 2.75) is 31.7 Å². The highest BCUT2D eigenvalue weighted by Crippen LogP contribution is 2.18. The van der Waals surface area contributed by atoms with Gasteiger partial charge in [-0.05, 0) is 38.4 Å². The summed E-state index contributed by atoms with van der Waals surface area (Å²) in [6.45, 7) is 0.939. The number of rotatable bonds is 5. The third kappa shape index (κ3) is 4.74. The zero-order valence-electron chi connectivity index (χ0n) is 13.7. The monoisotopic (exact) mass is 340 g/mol. The summed E-state index contributed by atoms with van der Waals surface area (Å²) < 4.78 is 27.3. The zero-order valence-corrected chi connectivity index (χ0v) is 13.7. The molecule has 1 heterocycles. The quantitative estimate of drug-likeness (QED) is 0.889. The molecule has 0 aliphatic carbocycles. The van der Waals surface area contributed by atoms with Crippen LogP contribution in [0.4, 0.5) is 8.78 Å². The van der Waals surface area contributed by atoms with Crippen LogP contribution in [0.1, 0.15) is 24.8 Å². The maximum Gasteiger partial charge on any atom is 0.317 e. The van der Waals surface area contributed by atoms with E-state index in [4.69, 9.17) is 5.11 Å². The van der Waals surface area contributed by atoms with E-state index in [2.05, 4.69) is 0 Å². The van der Waals surface area contributed by atoms with E-state index in [1.54, 1.807) is 16.8 Å². The molecular formula is C17H22F2N2O3. The van der Waals surface area contributed by atoms with Gasteiger partial charge in [-0.3, -0.25) is 14.5 Å². The van der Waals surface area contributed by atoms with Gasteiger partial charge in [-0.25, -0.2) is 8.78 Å². The lowest BCUT2D eigenvalue weighted by molar-refractivity contribution is -0.138. The standard InChI is InChI=1S/C17H22F2N2O3/c1-20(11-17(23)24)12-4-3-8-21(9-7-12)16(22)10-13-14(18)5-2-6-15(13)19/h2,5-6,12H,3-4,7-11H2,1H3,(H,23,24). The second-order valence-electron chi connectivity index (χ2n) is 6.15. The molecule has 0 bridgehead atoms. The van der Waals surface area contributed by atoms with Gasteiger partial charge in [0.05, 0.1) is 13.0 Å². The summed E-state index contributed by atoms with van der Waals surface area (Å²) in [4.78, 5) is 26.5. The predicted octanol–water partition coefficient (Wildman–Crippen LogP) is 1.90. The van der Waals surface area contributed by atoms with Crippen LogP contribution in [0.15, 0.2) is 18.2 Å². The lowest BCUT2D eigenvalue weighted by Gasteiger charge is -2.25. The number of hydrogen-bond acceptors (Lipinski definition) is 3. The van der Waals surface area contributed by atoms with Gasteiger partial charge >= 0.3 is 5.97 Å². The lowest BCUT2D eigenvalue weighted by Crippen LogP contribution is -2.37. The number of likely N-dealkylation sites (N-methyl/N-ethyl adjacent to an activating group) is 1. The Morgan fingerprint density at radius 3 is 2.54 bits per heavy atom. The molecule has 0 radical (unpaired) electrons. The average Bonchev–Trinajstić information content (AvgIpc) is 2.76. The number of aliphatic carboxylic acids is 1. The van der Waals surface area contributed by atoms with Crippen molar-refractivity contribution in [2.75, 3.05) is 26.7 Å². The highest BCUT2D eigenvalue weighted by atomic mass is 19.1. The van der Waals surface area contributed by atoms with Crippen LogP contribution >= 0.6 is 0 Å². The van der Waals surface area contributed by atoms with Crippen LogP contribution in [-0.2, 0) is 16.0 Å². The highest BCUT2D eigenvalue weighted by Gasteiger charge is 2.25. The molecule has 0 spiro atoms. The maximum atomic E-state index is 13.7. The molecule has 1 unspecified atom stereocenters. The van der Waals surface area contributed by atoms with E-state index in [0.717, 1.165) is 25.0 Å². The first-order valence-corrected chi connectivity index (χ1v) is 8.01. The van der Waals surface area contributed by atoms with Crippen LogP contribution in [0.2, 0.25) is 0 Å². The number of benzene rings is 1. The van der Waals surface area contributed by atoms with Gasteiger partial charge in [-0.1, -0.05) is 6.07 Å². The molecule has 1 aromatic carbocycles. The van der Waals surface area contributed by atoms with E-state index in [0.29, 0.717) is 19.5 Å². The zero-order chi connectivity index (χ0) is 17.7. The van der Waals surface area contributed by atoms with Gasteiger partial charge < -0.3 is 10.0 Å². The Morgan fingerprint density at radius 2 is 1.92 bits per heavy atom. The van der Waals surface area contributed by atoms with Gasteiger partial charge in [-0.15, -0.1) is 0 Å². The van der Waals surface area contributed by atoms with Gasteiger partial charge in [-0.2, -0.15) is 0 Å². The van der Waals surface area contributed by atoms with Gasteiger partial charge in [0.1, 0.15) is 11.6 Å². The van der Waals surface area contributed by atoms with Crippen LogP contribution in [0.5, 0.6) is 0 Å². The Balaban J connectivity index is 1.96. The molecule has 1 aromatic rings. The van der Waals surface area contributed by atoms with Gasteiger partial charge in [0.25, 0.3) is 0 Å². The lowest BCUT2D eigenvalue weighted by atomic mass is 10.1. The number of nitrogens with zero attached hydrogens (tertiary/aromatic N) is 2. The number of amides is 1. The number of halogens is 2. The van der Waals surface area contributed by atoms with Crippen molar-refractivity contribution < 1.29 is 23.5 Å². The molecule has 132 valence electrons. The second kappa shape index (κ2) is 8.19. The number of carbonyl (C=O) groups excluding carboxylic acids is 1. The van der Waals surface area contributed by atoms with Crippen LogP contribution < -0.4 is 0 Å². The fourth-order valence-corrected chi connectivity index (χ4v) is 3.08. The molecule has 1 atom stereocenters. The molecular weight excluding hydrogens is 318 g/mol. The van der Waals surface area contributed by atoms with Gasteiger partial charge in [0.2, 0.25) is 5.91 Å². The number of carbonyl (C=O) groups is 2. The normalized spacial score (nSPS) is 18.5.